The molecule has 0 aliphatic rings. The van der Waals surface area contributed by atoms with Crippen LogP contribution < -0.4 is 0 Å². The van der Waals surface area contributed by atoms with E-state index < -0.39 is 20.9 Å². The highest BCUT2D eigenvalue weighted by atomic mass is 28.4. The topological polar surface area (TPSA) is 29.5 Å². The molecular weight excluding hydrogens is 285 g/mol. The SMILES string of the molecule is CC(C)(C)[Si](C)(C)O[C@@H](C/C=C\CC(F)(F)F)CCO. The third kappa shape index (κ3) is 8.07. The molecule has 0 aromatic carbocycles. The van der Waals surface area contributed by atoms with Gasteiger partial charge in [0, 0.05) is 6.61 Å². The van der Waals surface area contributed by atoms with Gasteiger partial charge in [-0.3, -0.25) is 0 Å². The Labute approximate surface area is 121 Å². The molecule has 0 spiro atoms. The van der Waals surface area contributed by atoms with Gasteiger partial charge in [0.25, 0.3) is 0 Å². The lowest BCUT2D eigenvalue weighted by atomic mass is 10.2. The molecule has 0 unspecified atom stereocenters. The Bertz CT molecular complexity index is 307. The number of hydrogen-bond donors (Lipinski definition) is 1. The lowest BCUT2D eigenvalue weighted by Gasteiger charge is -2.39. The van der Waals surface area contributed by atoms with Gasteiger partial charge in [-0.05, 0) is 31.0 Å². The van der Waals surface area contributed by atoms with Gasteiger partial charge in [-0.15, -0.1) is 0 Å². The summed E-state index contributed by atoms with van der Waals surface area (Å²) in [5.41, 5.74) is 0. The molecule has 0 rings (SSSR count). The smallest absolute Gasteiger partial charge is 0.392 e. The van der Waals surface area contributed by atoms with Crippen LogP contribution in [-0.4, -0.2) is 32.3 Å². The Balaban J connectivity index is 4.52. The van der Waals surface area contributed by atoms with Crippen molar-refractivity contribution in [3.8, 4) is 0 Å². The molecular formula is C14H27F3O2Si. The average Bonchev–Trinajstić information content (AvgIpc) is 2.21. The summed E-state index contributed by atoms with van der Waals surface area (Å²) in [6, 6.07) is 0. The monoisotopic (exact) mass is 312 g/mol. The van der Waals surface area contributed by atoms with Crippen LogP contribution in [0.5, 0.6) is 0 Å². The fourth-order valence-corrected chi connectivity index (χ4v) is 2.83. The number of allylic oxidation sites excluding steroid dienone is 1. The van der Waals surface area contributed by atoms with Gasteiger partial charge in [-0.25, -0.2) is 0 Å². The van der Waals surface area contributed by atoms with Crippen LogP contribution in [-0.2, 0) is 4.43 Å². The minimum Gasteiger partial charge on any atom is -0.414 e. The van der Waals surface area contributed by atoms with Gasteiger partial charge in [0.05, 0.1) is 12.5 Å². The molecule has 0 radical (unpaired) electrons. The minimum absolute atomic E-state index is 0.0214. The molecule has 0 aliphatic carbocycles. The van der Waals surface area contributed by atoms with Crippen molar-refractivity contribution in [3.05, 3.63) is 12.2 Å². The lowest BCUT2D eigenvalue weighted by Crippen LogP contribution is -2.44. The summed E-state index contributed by atoms with van der Waals surface area (Å²) in [4.78, 5) is 0. The van der Waals surface area contributed by atoms with Gasteiger partial charge in [-0.2, -0.15) is 13.2 Å². The van der Waals surface area contributed by atoms with E-state index in [-0.39, 0.29) is 17.7 Å². The predicted molar refractivity (Wildman–Crippen MR) is 78.2 cm³/mol. The van der Waals surface area contributed by atoms with Gasteiger partial charge in [-0.1, -0.05) is 32.9 Å². The van der Waals surface area contributed by atoms with E-state index in [2.05, 4.69) is 33.9 Å². The fraction of sp³-hybridized carbons (Fsp3) is 0.857. The predicted octanol–water partition coefficient (Wildman–Crippen LogP) is 4.66. The summed E-state index contributed by atoms with van der Waals surface area (Å²) in [5, 5.41) is 9.09. The third-order valence-electron chi connectivity index (χ3n) is 3.63. The second-order valence-electron chi connectivity index (χ2n) is 6.54. The van der Waals surface area contributed by atoms with E-state index in [1.165, 1.54) is 6.08 Å². The zero-order valence-electron chi connectivity index (χ0n) is 13.0. The minimum atomic E-state index is -4.16. The van der Waals surface area contributed by atoms with E-state index in [1.54, 1.807) is 0 Å². The van der Waals surface area contributed by atoms with Gasteiger partial charge in [0.15, 0.2) is 8.32 Å². The Morgan fingerprint density at radius 3 is 2.10 bits per heavy atom. The first-order valence-electron chi connectivity index (χ1n) is 6.89. The third-order valence-corrected chi connectivity index (χ3v) is 8.17. The maximum atomic E-state index is 12.0. The largest absolute Gasteiger partial charge is 0.414 e. The average molecular weight is 312 g/mol. The van der Waals surface area contributed by atoms with E-state index in [9.17, 15) is 13.2 Å². The van der Waals surface area contributed by atoms with Crippen molar-refractivity contribution in [2.75, 3.05) is 6.61 Å². The molecule has 0 aromatic rings. The molecule has 0 fully saturated rings. The molecule has 0 saturated carbocycles. The number of aliphatic hydroxyl groups excluding tert-OH is 1. The molecule has 6 heteroatoms. The van der Waals surface area contributed by atoms with E-state index in [0.717, 1.165) is 6.08 Å². The Morgan fingerprint density at radius 1 is 1.15 bits per heavy atom. The first kappa shape index (κ1) is 19.7. The second kappa shape index (κ2) is 7.61. The summed E-state index contributed by atoms with van der Waals surface area (Å²) < 4.78 is 42.2. The first-order chi connectivity index (χ1) is 8.89. The molecule has 0 bridgehead atoms. The number of rotatable bonds is 7. The van der Waals surface area contributed by atoms with E-state index in [0.29, 0.717) is 12.8 Å². The zero-order valence-corrected chi connectivity index (χ0v) is 14.0. The first-order valence-corrected chi connectivity index (χ1v) is 9.80. The quantitative estimate of drug-likeness (QED) is 0.547. The van der Waals surface area contributed by atoms with Crippen molar-refractivity contribution in [2.45, 2.75) is 70.4 Å². The Morgan fingerprint density at radius 2 is 1.70 bits per heavy atom. The van der Waals surface area contributed by atoms with Crippen LogP contribution in [0.2, 0.25) is 18.1 Å². The molecule has 120 valence electrons. The van der Waals surface area contributed by atoms with Crippen LogP contribution in [0.25, 0.3) is 0 Å². The van der Waals surface area contributed by atoms with Crippen LogP contribution in [0.3, 0.4) is 0 Å². The van der Waals surface area contributed by atoms with E-state index in [1.807, 2.05) is 0 Å². The molecule has 0 aromatic heterocycles. The van der Waals surface area contributed by atoms with Crippen LogP contribution in [0, 0.1) is 0 Å². The van der Waals surface area contributed by atoms with Crippen molar-refractivity contribution in [1.82, 2.24) is 0 Å². The molecule has 2 nitrogen and oxygen atoms in total. The molecule has 0 saturated heterocycles. The van der Waals surface area contributed by atoms with Crippen molar-refractivity contribution >= 4 is 8.32 Å². The zero-order chi connectivity index (χ0) is 16.0. The summed E-state index contributed by atoms with van der Waals surface area (Å²) in [6.45, 7) is 10.5. The van der Waals surface area contributed by atoms with Gasteiger partial charge in [0.2, 0.25) is 0 Å². The summed E-state index contributed by atoms with van der Waals surface area (Å²) in [6.07, 6.45) is -1.82. The van der Waals surface area contributed by atoms with Gasteiger partial charge < -0.3 is 9.53 Å². The van der Waals surface area contributed by atoms with Gasteiger partial charge >= 0.3 is 6.18 Å². The van der Waals surface area contributed by atoms with Crippen molar-refractivity contribution in [1.29, 1.82) is 0 Å². The van der Waals surface area contributed by atoms with Crippen LogP contribution >= 0.6 is 0 Å². The number of aliphatic hydroxyl groups is 1. The highest BCUT2D eigenvalue weighted by Gasteiger charge is 2.38. The van der Waals surface area contributed by atoms with Crippen molar-refractivity contribution < 1.29 is 22.7 Å². The second-order valence-corrected chi connectivity index (χ2v) is 11.3. The summed E-state index contributed by atoms with van der Waals surface area (Å²) >= 11 is 0. The highest BCUT2D eigenvalue weighted by Crippen LogP contribution is 2.38. The molecule has 1 N–H and O–H groups in total. The number of hydrogen-bond acceptors (Lipinski definition) is 2. The number of halogens is 3. The van der Waals surface area contributed by atoms with E-state index >= 15 is 0 Å². The maximum absolute atomic E-state index is 12.0. The molecule has 0 aliphatic heterocycles. The van der Waals surface area contributed by atoms with Crippen LogP contribution in [0.1, 0.15) is 40.0 Å². The van der Waals surface area contributed by atoms with Crippen molar-refractivity contribution in [3.63, 3.8) is 0 Å². The molecule has 0 heterocycles. The maximum Gasteiger partial charge on any atom is 0.392 e. The Hall–Kier alpha value is -0.333. The highest BCUT2D eigenvalue weighted by molar-refractivity contribution is 6.74. The number of alkyl halides is 3. The lowest BCUT2D eigenvalue weighted by molar-refractivity contribution is -0.125. The molecule has 20 heavy (non-hydrogen) atoms. The van der Waals surface area contributed by atoms with Crippen LogP contribution in [0.4, 0.5) is 13.2 Å². The van der Waals surface area contributed by atoms with Gasteiger partial charge in [0.1, 0.15) is 0 Å². The summed E-state index contributed by atoms with van der Waals surface area (Å²) in [7, 11) is -1.97. The normalized spacial score (nSPS) is 15.8. The molecule has 1 atom stereocenters. The van der Waals surface area contributed by atoms with Crippen LogP contribution in [0.15, 0.2) is 12.2 Å². The fourth-order valence-electron chi connectivity index (χ4n) is 1.43. The Kier molecular flexibility index (Phi) is 7.48. The summed E-state index contributed by atoms with van der Waals surface area (Å²) in [5.74, 6) is 0. The molecule has 0 amide bonds. The van der Waals surface area contributed by atoms with E-state index in [4.69, 9.17) is 9.53 Å². The standard InChI is InChI=1S/C14H27F3O2Si/c1-13(2,3)20(4,5)19-12(9-11-18)8-6-7-10-14(15,16)17/h6-7,12,18H,8-11H2,1-5H3/b7-6-/t12-/m0/s1. The van der Waals surface area contributed by atoms with Crippen molar-refractivity contribution in [2.24, 2.45) is 0 Å².